The van der Waals surface area contributed by atoms with Gasteiger partial charge in [0, 0.05) is 18.2 Å². The molecule has 0 spiro atoms. The first kappa shape index (κ1) is 15.3. The van der Waals surface area contributed by atoms with Gasteiger partial charge in [-0.3, -0.25) is 4.90 Å². The number of aromatic hydroxyl groups is 1. The number of phenolic OH excluding ortho intramolecular Hbond substituents is 1. The van der Waals surface area contributed by atoms with Crippen LogP contribution < -0.4 is 9.47 Å². The van der Waals surface area contributed by atoms with Crippen LogP contribution in [0.1, 0.15) is 29.7 Å². The molecule has 0 amide bonds. The molecule has 24 heavy (non-hydrogen) atoms. The van der Waals surface area contributed by atoms with Gasteiger partial charge in [-0.05, 0) is 67.3 Å². The summed E-state index contributed by atoms with van der Waals surface area (Å²) in [6.45, 7) is 3.64. The lowest BCUT2D eigenvalue weighted by Gasteiger charge is -2.40. The Morgan fingerprint density at radius 1 is 1.25 bits per heavy atom. The van der Waals surface area contributed by atoms with E-state index in [1.165, 1.54) is 16.7 Å². The number of fused-ring (bicyclic) bond motifs is 2. The Balaban J connectivity index is 2.00. The summed E-state index contributed by atoms with van der Waals surface area (Å²) in [5.74, 6) is 1.64. The Morgan fingerprint density at radius 3 is 2.83 bits per heavy atom. The predicted molar refractivity (Wildman–Crippen MR) is 94.0 cm³/mol. The first-order chi connectivity index (χ1) is 11.6. The van der Waals surface area contributed by atoms with Crippen molar-refractivity contribution in [1.29, 1.82) is 0 Å². The SMILES string of the molecule is CCOc1ccc2c(c1)-c1c(O)c(OC)cc3c1[C@H](C2)N(C)CC3. The first-order valence-corrected chi connectivity index (χ1v) is 8.53. The number of ether oxygens (including phenoxy) is 2. The Bertz CT molecular complexity index is 800. The van der Waals surface area contributed by atoms with Crippen LogP contribution in [0.25, 0.3) is 11.1 Å². The molecule has 0 aromatic heterocycles. The smallest absolute Gasteiger partial charge is 0.166 e. The lowest BCUT2D eigenvalue weighted by Crippen LogP contribution is -2.35. The van der Waals surface area contributed by atoms with Gasteiger partial charge >= 0.3 is 0 Å². The van der Waals surface area contributed by atoms with Crippen molar-refractivity contribution < 1.29 is 14.6 Å². The maximum absolute atomic E-state index is 10.9. The third kappa shape index (κ3) is 2.17. The van der Waals surface area contributed by atoms with Gasteiger partial charge < -0.3 is 14.6 Å². The van der Waals surface area contributed by atoms with Gasteiger partial charge in [0.05, 0.1) is 13.7 Å². The highest BCUT2D eigenvalue weighted by molar-refractivity contribution is 5.83. The van der Waals surface area contributed by atoms with Crippen molar-refractivity contribution in [3.8, 4) is 28.4 Å². The number of rotatable bonds is 3. The van der Waals surface area contributed by atoms with E-state index in [-0.39, 0.29) is 5.75 Å². The standard InChI is InChI=1S/C20H23NO3/c1-4-24-14-6-5-12-9-16-18-13(7-8-21(16)2)10-17(23-3)20(22)19(18)15(12)11-14/h5-6,10-11,16,22H,4,7-9H2,1-3H3/t16-/m0/s1. The molecule has 1 aliphatic heterocycles. The van der Waals surface area contributed by atoms with E-state index in [0.717, 1.165) is 36.3 Å². The van der Waals surface area contributed by atoms with Crippen LogP contribution in [-0.4, -0.2) is 37.3 Å². The molecule has 4 rings (SSSR count). The van der Waals surface area contributed by atoms with Crippen molar-refractivity contribution in [3.05, 3.63) is 41.0 Å². The van der Waals surface area contributed by atoms with Crippen molar-refractivity contribution in [3.63, 3.8) is 0 Å². The second kappa shape index (κ2) is 5.71. The Morgan fingerprint density at radius 2 is 2.08 bits per heavy atom. The molecule has 0 saturated carbocycles. The molecule has 2 aromatic rings. The fourth-order valence-electron chi connectivity index (χ4n) is 4.09. The van der Waals surface area contributed by atoms with Gasteiger partial charge in [0.15, 0.2) is 11.5 Å². The van der Waals surface area contributed by atoms with Gasteiger partial charge in [0.1, 0.15) is 5.75 Å². The Labute approximate surface area is 142 Å². The average Bonchev–Trinajstić information content (AvgIpc) is 2.59. The summed E-state index contributed by atoms with van der Waals surface area (Å²) in [5, 5.41) is 10.9. The van der Waals surface area contributed by atoms with E-state index >= 15 is 0 Å². The van der Waals surface area contributed by atoms with E-state index in [4.69, 9.17) is 9.47 Å². The van der Waals surface area contributed by atoms with Crippen molar-refractivity contribution in [2.24, 2.45) is 0 Å². The van der Waals surface area contributed by atoms with Gasteiger partial charge in [-0.1, -0.05) is 6.07 Å². The third-order valence-corrected chi connectivity index (χ3v) is 5.28. The molecule has 1 aliphatic carbocycles. The molecule has 126 valence electrons. The zero-order valence-electron chi connectivity index (χ0n) is 14.4. The molecule has 4 nitrogen and oxygen atoms in total. The molecule has 0 fully saturated rings. The lowest BCUT2D eigenvalue weighted by molar-refractivity contribution is 0.226. The summed E-state index contributed by atoms with van der Waals surface area (Å²) in [7, 11) is 3.78. The molecular formula is C20H23NO3. The fourth-order valence-corrected chi connectivity index (χ4v) is 4.09. The van der Waals surface area contributed by atoms with Gasteiger partial charge in [-0.2, -0.15) is 0 Å². The van der Waals surface area contributed by atoms with Crippen LogP contribution in [0, 0.1) is 0 Å². The second-order valence-electron chi connectivity index (χ2n) is 6.58. The molecular weight excluding hydrogens is 302 g/mol. The maximum atomic E-state index is 10.9. The number of hydrogen-bond donors (Lipinski definition) is 1. The second-order valence-corrected chi connectivity index (χ2v) is 6.58. The molecule has 2 aromatic carbocycles. The van der Waals surface area contributed by atoms with Gasteiger partial charge in [-0.25, -0.2) is 0 Å². The highest BCUT2D eigenvalue weighted by Crippen LogP contribution is 2.52. The maximum Gasteiger partial charge on any atom is 0.166 e. The van der Waals surface area contributed by atoms with Crippen LogP contribution in [0.4, 0.5) is 0 Å². The summed E-state index contributed by atoms with van der Waals surface area (Å²) >= 11 is 0. The summed E-state index contributed by atoms with van der Waals surface area (Å²) in [6, 6.07) is 8.52. The zero-order chi connectivity index (χ0) is 16.8. The van der Waals surface area contributed by atoms with Gasteiger partial charge in [0.2, 0.25) is 0 Å². The number of nitrogens with zero attached hydrogens (tertiary/aromatic N) is 1. The quantitative estimate of drug-likeness (QED) is 0.937. The van der Waals surface area contributed by atoms with E-state index < -0.39 is 0 Å². The summed E-state index contributed by atoms with van der Waals surface area (Å²) in [5.41, 5.74) is 5.78. The molecule has 0 bridgehead atoms. The molecule has 0 unspecified atom stereocenters. The van der Waals surface area contributed by atoms with E-state index in [2.05, 4.69) is 24.1 Å². The molecule has 1 N–H and O–H groups in total. The van der Waals surface area contributed by atoms with Crippen LogP contribution in [0.3, 0.4) is 0 Å². The zero-order valence-corrected chi connectivity index (χ0v) is 14.4. The predicted octanol–water partition coefficient (Wildman–Crippen LogP) is 3.55. The number of benzene rings is 2. The van der Waals surface area contributed by atoms with E-state index in [1.807, 2.05) is 19.1 Å². The average molecular weight is 325 g/mol. The fraction of sp³-hybridized carbons (Fsp3) is 0.400. The summed E-state index contributed by atoms with van der Waals surface area (Å²) in [6.07, 6.45) is 1.94. The van der Waals surface area contributed by atoms with Crippen molar-refractivity contribution in [2.75, 3.05) is 27.3 Å². The van der Waals surface area contributed by atoms with Crippen molar-refractivity contribution >= 4 is 0 Å². The number of phenols is 1. The molecule has 1 atom stereocenters. The third-order valence-electron chi connectivity index (χ3n) is 5.28. The topological polar surface area (TPSA) is 41.9 Å². The number of hydrogen-bond acceptors (Lipinski definition) is 4. The molecule has 4 heteroatoms. The van der Waals surface area contributed by atoms with Crippen LogP contribution in [0.2, 0.25) is 0 Å². The highest BCUT2D eigenvalue weighted by Gasteiger charge is 2.35. The van der Waals surface area contributed by atoms with Crippen molar-refractivity contribution in [1.82, 2.24) is 4.90 Å². The molecule has 2 aliphatic rings. The van der Waals surface area contributed by atoms with Crippen LogP contribution >= 0.6 is 0 Å². The Hall–Kier alpha value is -2.20. The highest BCUT2D eigenvalue weighted by atomic mass is 16.5. The van der Waals surface area contributed by atoms with Gasteiger partial charge in [-0.15, -0.1) is 0 Å². The summed E-state index contributed by atoms with van der Waals surface area (Å²) < 4.78 is 11.1. The van der Waals surface area contributed by atoms with E-state index in [0.29, 0.717) is 18.4 Å². The Kier molecular flexibility index (Phi) is 3.65. The number of methoxy groups -OCH3 is 1. The van der Waals surface area contributed by atoms with E-state index in [9.17, 15) is 5.11 Å². The normalized spacial score (nSPS) is 18.7. The molecule has 0 radical (unpaired) electrons. The van der Waals surface area contributed by atoms with Crippen LogP contribution in [0.5, 0.6) is 17.2 Å². The van der Waals surface area contributed by atoms with Crippen molar-refractivity contribution in [2.45, 2.75) is 25.8 Å². The molecule has 1 heterocycles. The minimum absolute atomic E-state index is 0.242. The monoisotopic (exact) mass is 325 g/mol. The van der Waals surface area contributed by atoms with E-state index in [1.54, 1.807) is 7.11 Å². The van der Waals surface area contributed by atoms with Crippen LogP contribution in [0.15, 0.2) is 24.3 Å². The van der Waals surface area contributed by atoms with Crippen LogP contribution in [-0.2, 0) is 12.8 Å². The lowest BCUT2D eigenvalue weighted by atomic mass is 9.76. The minimum atomic E-state index is 0.242. The summed E-state index contributed by atoms with van der Waals surface area (Å²) in [4.78, 5) is 2.39. The minimum Gasteiger partial charge on any atom is -0.504 e. The number of likely N-dealkylation sites (N-methyl/N-ethyl adjacent to an activating group) is 1. The first-order valence-electron chi connectivity index (χ1n) is 8.53. The van der Waals surface area contributed by atoms with Gasteiger partial charge in [0.25, 0.3) is 0 Å². The largest absolute Gasteiger partial charge is 0.504 e. The molecule has 0 saturated heterocycles.